The first kappa shape index (κ1) is 16.1. The first-order chi connectivity index (χ1) is 12.7. The second-order valence-electron chi connectivity index (χ2n) is 7.19. The number of aliphatic hydroxyl groups is 1. The predicted octanol–water partition coefficient (Wildman–Crippen LogP) is 4.02. The minimum atomic E-state index is -0.673. The molecule has 1 saturated carbocycles. The lowest BCUT2D eigenvalue weighted by Crippen LogP contribution is -2.31. The molecule has 26 heavy (non-hydrogen) atoms. The number of anilines is 1. The normalized spacial score (nSPS) is 17.5. The van der Waals surface area contributed by atoms with Gasteiger partial charge in [-0.1, -0.05) is 12.1 Å². The number of hydrogen-bond donors (Lipinski definition) is 1. The largest absolute Gasteiger partial charge is 0.387 e. The number of thiophene rings is 1. The Kier molecular flexibility index (Phi) is 3.90. The second kappa shape index (κ2) is 6.28. The summed E-state index contributed by atoms with van der Waals surface area (Å²) in [5.41, 5.74) is 2.14. The lowest BCUT2D eigenvalue weighted by Gasteiger charge is -2.27. The molecule has 5 rings (SSSR count). The molecule has 0 saturated heterocycles. The topological polar surface area (TPSA) is 49.2 Å². The van der Waals surface area contributed by atoms with Gasteiger partial charge in [-0.25, -0.2) is 14.4 Å². The lowest BCUT2D eigenvalue weighted by atomic mass is 10.1. The zero-order chi connectivity index (χ0) is 17.7. The molecule has 1 unspecified atom stereocenters. The number of halogens is 1. The summed E-state index contributed by atoms with van der Waals surface area (Å²) >= 11 is 1.79. The average Bonchev–Trinajstić information content (AvgIpc) is 3.27. The van der Waals surface area contributed by atoms with E-state index in [-0.39, 0.29) is 5.82 Å². The van der Waals surface area contributed by atoms with Crippen LogP contribution < -0.4 is 4.90 Å². The Morgan fingerprint density at radius 2 is 2.00 bits per heavy atom. The zero-order valence-electron chi connectivity index (χ0n) is 14.4. The number of benzene rings is 1. The van der Waals surface area contributed by atoms with Gasteiger partial charge >= 0.3 is 0 Å². The van der Waals surface area contributed by atoms with Gasteiger partial charge in [0.2, 0.25) is 0 Å². The summed E-state index contributed by atoms with van der Waals surface area (Å²) in [6.45, 7) is 0.465. The van der Waals surface area contributed by atoms with Gasteiger partial charge in [0.15, 0.2) is 0 Å². The molecule has 6 heteroatoms. The molecule has 3 aromatic rings. The second-order valence-corrected chi connectivity index (χ2v) is 8.27. The van der Waals surface area contributed by atoms with E-state index in [1.165, 1.54) is 34.4 Å². The maximum Gasteiger partial charge on any atom is 0.141 e. The van der Waals surface area contributed by atoms with Crippen molar-refractivity contribution in [2.75, 3.05) is 11.4 Å². The van der Waals surface area contributed by atoms with Gasteiger partial charge in [-0.2, -0.15) is 0 Å². The molecule has 1 fully saturated rings. The third kappa shape index (κ3) is 2.77. The molecule has 2 aromatic heterocycles. The van der Waals surface area contributed by atoms with Gasteiger partial charge in [-0.15, -0.1) is 11.3 Å². The molecule has 2 aliphatic rings. The maximum atomic E-state index is 13.2. The van der Waals surface area contributed by atoms with Crippen molar-refractivity contribution in [1.82, 2.24) is 9.97 Å². The van der Waals surface area contributed by atoms with Gasteiger partial charge in [0.1, 0.15) is 22.8 Å². The van der Waals surface area contributed by atoms with E-state index < -0.39 is 6.10 Å². The van der Waals surface area contributed by atoms with E-state index in [2.05, 4.69) is 14.9 Å². The summed E-state index contributed by atoms with van der Waals surface area (Å²) in [7, 11) is 0. The van der Waals surface area contributed by atoms with Crippen LogP contribution in [0.15, 0.2) is 30.6 Å². The number of nitrogens with zero attached hydrogens (tertiary/aromatic N) is 3. The van der Waals surface area contributed by atoms with E-state index in [9.17, 15) is 9.50 Å². The van der Waals surface area contributed by atoms with Crippen LogP contribution in [0, 0.1) is 5.82 Å². The van der Waals surface area contributed by atoms with E-state index in [4.69, 9.17) is 0 Å². The number of aryl methyl sites for hydroxylation is 2. The first-order valence-corrected chi connectivity index (χ1v) is 9.98. The van der Waals surface area contributed by atoms with E-state index >= 15 is 0 Å². The Balaban J connectivity index is 1.52. The Hall–Kier alpha value is -2.05. The van der Waals surface area contributed by atoms with Crippen LogP contribution in [0.3, 0.4) is 0 Å². The molecule has 1 N–H and O–H groups in total. The molecule has 1 aromatic carbocycles. The van der Waals surface area contributed by atoms with Gasteiger partial charge in [0, 0.05) is 17.5 Å². The summed E-state index contributed by atoms with van der Waals surface area (Å²) in [4.78, 5) is 13.9. The van der Waals surface area contributed by atoms with Crippen molar-refractivity contribution >= 4 is 27.4 Å². The Morgan fingerprint density at radius 3 is 2.77 bits per heavy atom. The van der Waals surface area contributed by atoms with Crippen molar-refractivity contribution < 1.29 is 9.50 Å². The van der Waals surface area contributed by atoms with Crippen LogP contribution in [-0.4, -0.2) is 27.7 Å². The molecular weight excluding hydrogens is 349 g/mol. The number of aliphatic hydroxyl groups excluding tert-OH is 1. The molecule has 134 valence electrons. The quantitative estimate of drug-likeness (QED) is 0.738. The van der Waals surface area contributed by atoms with Crippen LogP contribution >= 0.6 is 11.3 Å². The van der Waals surface area contributed by atoms with Crippen LogP contribution in [-0.2, 0) is 12.8 Å². The van der Waals surface area contributed by atoms with Crippen molar-refractivity contribution in [3.05, 3.63) is 52.4 Å². The molecule has 0 amide bonds. The number of aromatic nitrogens is 2. The third-order valence-electron chi connectivity index (χ3n) is 5.37. The minimum Gasteiger partial charge on any atom is -0.387 e. The highest BCUT2D eigenvalue weighted by Gasteiger charge is 2.34. The molecular formula is C20H20FN3OS. The Morgan fingerprint density at radius 1 is 1.19 bits per heavy atom. The number of hydrogen-bond acceptors (Lipinski definition) is 5. The van der Waals surface area contributed by atoms with Crippen molar-refractivity contribution in [3.8, 4) is 0 Å². The van der Waals surface area contributed by atoms with E-state index in [1.54, 1.807) is 29.8 Å². The van der Waals surface area contributed by atoms with Gasteiger partial charge in [-0.05, 0) is 55.4 Å². The highest BCUT2D eigenvalue weighted by atomic mass is 32.1. The molecule has 0 aliphatic heterocycles. The highest BCUT2D eigenvalue weighted by molar-refractivity contribution is 7.19. The maximum absolute atomic E-state index is 13.2. The summed E-state index contributed by atoms with van der Waals surface area (Å²) in [5.74, 6) is 0.671. The first-order valence-electron chi connectivity index (χ1n) is 9.16. The molecule has 0 bridgehead atoms. The van der Waals surface area contributed by atoms with Crippen LogP contribution in [0.1, 0.15) is 41.4 Å². The molecule has 2 aliphatic carbocycles. The highest BCUT2D eigenvalue weighted by Crippen LogP contribution is 2.43. The minimum absolute atomic E-state index is 0.286. The fourth-order valence-corrected chi connectivity index (χ4v) is 5.12. The molecule has 1 atom stereocenters. The molecule has 4 nitrogen and oxygen atoms in total. The summed E-state index contributed by atoms with van der Waals surface area (Å²) < 4.78 is 13.2. The van der Waals surface area contributed by atoms with Crippen molar-refractivity contribution in [3.63, 3.8) is 0 Å². The summed E-state index contributed by atoms with van der Waals surface area (Å²) in [6, 6.07) is 6.52. The zero-order valence-corrected chi connectivity index (χ0v) is 15.2. The molecule has 0 radical (unpaired) electrons. The fourth-order valence-electron chi connectivity index (χ4n) is 3.90. The van der Waals surface area contributed by atoms with E-state index in [1.807, 2.05) is 0 Å². The summed E-state index contributed by atoms with van der Waals surface area (Å²) in [5, 5.41) is 11.9. The van der Waals surface area contributed by atoms with Gasteiger partial charge in [0.25, 0.3) is 0 Å². The Bertz CT molecular complexity index is 952. The van der Waals surface area contributed by atoms with Gasteiger partial charge in [0.05, 0.1) is 11.5 Å². The van der Waals surface area contributed by atoms with Crippen LogP contribution in [0.2, 0.25) is 0 Å². The van der Waals surface area contributed by atoms with Crippen LogP contribution in [0.5, 0.6) is 0 Å². The van der Waals surface area contributed by atoms with Crippen molar-refractivity contribution in [2.24, 2.45) is 0 Å². The Labute approximate surface area is 155 Å². The van der Waals surface area contributed by atoms with Gasteiger partial charge in [-0.3, -0.25) is 0 Å². The monoisotopic (exact) mass is 369 g/mol. The average molecular weight is 369 g/mol. The predicted molar refractivity (Wildman–Crippen MR) is 101 cm³/mol. The van der Waals surface area contributed by atoms with Crippen molar-refractivity contribution in [1.29, 1.82) is 0 Å². The standard InChI is InChI=1S/C20H20FN3OS/c21-13-6-4-12(5-7-13)16(25)10-24(14-8-9-14)19-18-15-2-1-3-17(15)26-20(18)23-11-22-19/h4-7,11,14,16,25H,1-3,8-10H2. The van der Waals surface area contributed by atoms with Crippen molar-refractivity contribution in [2.45, 2.75) is 44.2 Å². The van der Waals surface area contributed by atoms with Gasteiger partial charge < -0.3 is 10.0 Å². The number of fused-ring (bicyclic) bond motifs is 3. The smallest absolute Gasteiger partial charge is 0.141 e. The molecule has 2 heterocycles. The SMILES string of the molecule is OC(CN(c1ncnc2sc3c(c12)CCC3)C1CC1)c1ccc(F)cc1. The molecule has 0 spiro atoms. The lowest BCUT2D eigenvalue weighted by molar-refractivity contribution is 0.182. The summed E-state index contributed by atoms with van der Waals surface area (Å²) in [6.07, 6.45) is 6.64. The number of rotatable bonds is 5. The fraction of sp³-hybridized carbons (Fsp3) is 0.400. The van der Waals surface area contributed by atoms with Crippen LogP contribution in [0.25, 0.3) is 10.2 Å². The van der Waals surface area contributed by atoms with E-state index in [0.29, 0.717) is 12.6 Å². The van der Waals surface area contributed by atoms with E-state index in [0.717, 1.165) is 41.9 Å². The van der Waals surface area contributed by atoms with Crippen LogP contribution in [0.4, 0.5) is 10.2 Å². The third-order valence-corrected chi connectivity index (χ3v) is 6.57.